The minimum atomic E-state index is -0.173. The van der Waals surface area contributed by atoms with Gasteiger partial charge in [0.25, 0.3) is 5.89 Å². The van der Waals surface area contributed by atoms with Crippen LogP contribution in [0.4, 0.5) is 0 Å². The summed E-state index contributed by atoms with van der Waals surface area (Å²) < 4.78 is 16.7. The first kappa shape index (κ1) is 18.4. The molecule has 1 atom stereocenters. The van der Waals surface area contributed by atoms with Gasteiger partial charge in [0.15, 0.2) is 0 Å². The van der Waals surface area contributed by atoms with E-state index in [2.05, 4.69) is 15.5 Å². The van der Waals surface area contributed by atoms with Crippen molar-refractivity contribution < 1.29 is 14.0 Å². The van der Waals surface area contributed by atoms with Crippen LogP contribution in [0.2, 0.25) is 0 Å². The van der Waals surface area contributed by atoms with Crippen molar-refractivity contribution >= 4 is 12.4 Å². The van der Waals surface area contributed by atoms with Gasteiger partial charge in [-0.1, -0.05) is 47.6 Å². The van der Waals surface area contributed by atoms with Gasteiger partial charge >= 0.3 is 0 Å². The molecule has 2 aromatic carbocycles. The first-order chi connectivity index (χ1) is 12.4. The molecule has 1 saturated heterocycles. The maximum absolute atomic E-state index is 5.75. The molecule has 0 spiro atoms. The Labute approximate surface area is 157 Å². The average Bonchev–Trinajstić information content (AvgIpc) is 3.19. The minimum absolute atomic E-state index is 0. The van der Waals surface area contributed by atoms with Crippen LogP contribution in [0.3, 0.4) is 0 Å². The number of hydrogen-bond acceptors (Lipinski definition) is 6. The summed E-state index contributed by atoms with van der Waals surface area (Å²) in [5, 5.41) is 7.31. The highest BCUT2D eigenvalue weighted by atomic mass is 35.5. The van der Waals surface area contributed by atoms with Crippen molar-refractivity contribution in [1.82, 2.24) is 15.5 Å². The van der Waals surface area contributed by atoms with E-state index in [1.165, 1.54) is 0 Å². The van der Waals surface area contributed by atoms with Crippen LogP contribution in [0.15, 0.2) is 59.1 Å². The molecule has 26 heavy (non-hydrogen) atoms. The van der Waals surface area contributed by atoms with Gasteiger partial charge in [-0.2, -0.15) is 4.98 Å². The molecule has 4 rings (SSSR count). The Morgan fingerprint density at radius 2 is 1.88 bits per heavy atom. The third-order valence-corrected chi connectivity index (χ3v) is 4.01. The van der Waals surface area contributed by atoms with Gasteiger partial charge in [-0.15, -0.1) is 12.4 Å². The second kappa shape index (κ2) is 8.80. The number of nitrogens with zero attached hydrogens (tertiary/aromatic N) is 2. The van der Waals surface area contributed by atoms with Crippen LogP contribution in [0, 0.1) is 0 Å². The molecular formula is C19H20ClN3O3. The predicted octanol–water partition coefficient (Wildman–Crippen LogP) is 3.40. The molecule has 0 saturated carbocycles. The Morgan fingerprint density at radius 3 is 2.62 bits per heavy atom. The number of benzene rings is 2. The molecular weight excluding hydrogens is 354 g/mol. The highest BCUT2D eigenvalue weighted by Crippen LogP contribution is 2.22. The lowest BCUT2D eigenvalue weighted by atomic mass is 10.1. The molecule has 0 amide bonds. The fraction of sp³-hybridized carbons (Fsp3) is 0.263. The van der Waals surface area contributed by atoms with Gasteiger partial charge in [0.1, 0.15) is 18.5 Å². The molecule has 0 aliphatic carbocycles. The maximum Gasteiger partial charge on any atom is 0.257 e. The minimum Gasteiger partial charge on any atom is -0.489 e. The third-order valence-electron chi connectivity index (χ3n) is 4.01. The molecule has 1 aromatic heterocycles. The smallest absolute Gasteiger partial charge is 0.257 e. The van der Waals surface area contributed by atoms with Crippen molar-refractivity contribution in [3.05, 3.63) is 66.1 Å². The van der Waals surface area contributed by atoms with Crippen LogP contribution in [-0.4, -0.2) is 29.8 Å². The summed E-state index contributed by atoms with van der Waals surface area (Å²) in [5.41, 5.74) is 1.98. The molecule has 0 bridgehead atoms. The van der Waals surface area contributed by atoms with Crippen molar-refractivity contribution in [3.8, 4) is 17.1 Å². The van der Waals surface area contributed by atoms with E-state index in [0.29, 0.717) is 31.5 Å². The topological polar surface area (TPSA) is 69.4 Å². The van der Waals surface area contributed by atoms with E-state index in [0.717, 1.165) is 23.4 Å². The number of hydrogen-bond donors (Lipinski definition) is 1. The lowest BCUT2D eigenvalue weighted by Gasteiger charge is -2.19. The maximum atomic E-state index is 5.75. The molecule has 0 unspecified atom stereocenters. The Morgan fingerprint density at radius 1 is 1.08 bits per heavy atom. The van der Waals surface area contributed by atoms with E-state index >= 15 is 0 Å². The predicted molar refractivity (Wildman–Crippen MR) is 99.3 cm³/mol. The van der Waals surface area contributed by atoms with E-state index in [4.69, 9.17) is 14.0 Å². The highest BCUT2D eigenvalue weighted by molar-refractivity contribution is 5.85. The van der Waals surface area contributed by atoms with Gasteiger partial charge < -0.3 is 19.3 Å². The number of para-hydroxylation sites is 1. The number of morpholine rings is 1. The summed E-state index contributed by atoms with van der Waals surface area (Å²) in [6, 6.07) is 17.7. The van der Waals surface area contributed by atoms with E-state index in [9.17, 15) is 0 Å². The van der Waals surface area contributed by atoms with Crippen LogP contribution in [0.5, 0.6) is 5.75 Å². The zero-order valence-electron chi connectivity index (χ0n) is 14.1. The number of halogens is 1. The zero-order chi connectivity index (χ0) is 16.9. The first-order valence-electron chi connectivity index (χ1n) is 8.31. The number of aromatic nitrogens is 2. The second-order valence-corrected chi connectivity index (χ2v) is 5.82. The molecule has 1 fully saturated rings. The standard InChI is InChI=1S/C19H19N3O3.ClH/c1-2-4-16(5-3-1)24-13-14-6-8-15(9-7-14)18-21-19(25-22-18)17-12-20-10-11-23-17;/h1-9,17,20H,10-13H2;1H/t17-;/m1./s1. The molecule has 1 aliphatic heterocycles. The van der Waals surface area contributed by atoms with E-state index in [-0.39, 0.29) is 18.5 Å². The van der Waals surface area contributed by atoms with Crippen molar-refractivity contribution in [2.24, 2.45) is 0 Å². The summed E-state index contributed by atoms with van der Waals surface area (Å²) in [5.74, 6) is 1.94. The average molecular weight is 374 g/mol. The van der Waals surface area contributed by atoms with Crippen molar-refractivity contribution in [1.29, 1.82) is 0 Å². The summed E-state index contributed by atoms with van der Waals surface area (Å²) in [4.78, 5) is 4.45. The van der Waals surface area contributed by atoms with E-state index in [1.807, 2.05) is 54.6 Å². The van der Waals surface area contributed by atoms with Gasteiger partial charge in [-0.3, -0.25) is 0 Å². The van der Waals surface area contributed by atoms with Crippen LogP contribution in [0.25, 0.3) is 11.4 Å². The van der Waals surface area contributed by atoms with Crippen LogP contribution < -0.4 is 10.1 Å². The summed E-state index contributed by atoms with van der Waals surface area (Å²) >= 11 is 0. The molecule has 2 heterocycles. The Hall–Kier alpha value is -2.41. The first-order valence-corrected chi connectivity index (χ1v) is 8.31. The summed E-state index contributed by atoms with van der Waals surface area (Å²) in [6.07, 6.45) is -0.173. The lowest BCUT2D eigenvalue weighted by molar-refractivity contribution is 0.00755. The molecule has 3 aromatic rings. The SMILES string of the molecule is Cl.c1ccc(OCc2ccc(-c3noc([C@H]4CNCCO4)n3)cc2)cc1. The van der Waals surface area contributed by atoms with Crippen molar-refractivity contribution in [2.45, 2.75) is 12.7 Å². The van der Waals surface area contributed by atoms with Gasteiger partial charge in [0.05, 0.1) is 6.61 Å². The van der Waals surface area contributed by atoms with Crippen LogP contribution in [-0.2, 0) is 11.3 Å². The van der Waals surface area contributed by atoms with E-state index < -0.39 is 0 Å². The molecule has 0 radical (unpaired) electrons. The molecule has 6 nitrogen and oxygen atoms in total. The zero-order valence-corrected chi connectivity index (χ0v) is 14.9. The normalized spacial score (nSPS) is 16.7. The summed E-state index contributed by atoms with van der Waals surface area (Å²) in [7, 11) is 0. The van der Waals surface area contributed by atoms with Gasteiger partial charge in [0, 0.05) is 18.7 Å². The Bertz CT molecular complexity index is 802. The highest BCUT2D eigenvalue weighted by Gasteiger charge is 2.22. The number of rotatable bonds is 5. The molecule has 1 aliphatic rings. The van der Waals surface area contributed by atoms with Gasteiger partial charge in [-0.25, -0.2) is 0 Å². The third kappa shape index (κ3) is 4.40. The number of ether oxygens (including phenoxy) is 2. The quantitative estimate of drug-likeness (QED) is 0.739. The largest absolute Gasteiger partial charge is 0.489 e. The molecule has 1 N–H and O–H groups in total. The lowest BCUT2D eigenvalue weighted by Crippen LogP contribution is -2.33. The van der Waals surface area contributed by atoms with Crippen molar-refractivity contribution in [2.75, 3.05) is 19.7 Å². The Kier molecular flexibility index (Phi) is 6.22. The van der Waals surface area contributed by atoms with Crippen molar-refractivity contribution in [3.63, 3.8) is 0 Å². The second-order valence-electron chi connectivity index (χ2n) is 5.82. The number of nitrogens with one attached hydrogen (secondary N) is 1. The monoisotopic (exact) mass is 373 g/mol. The fourth-order valence-corrected chi connectivity index (χ4v) is 2.64. The molecule has 7 heteroatoms. The van der Waals surface area contributed by atoms with Gasteiger partial charge in [0.2, 0.25) is 5.82 Å². The fourth-order valence-electron chi connectivity index (χ4n) is 2.64. The Balaban J connectivity index is 0.00000196. The van der Waals surface area contributed by atoms with Gasteiger partial charge in [-0.05, 0) is 17.7 Å². The molecule has 136 valence electrons. The van der Waals surface area contributed by atoms with E-state index in [1.54, 1.807) is 0 Å². The van der Waals surface area contributed by atoms with Crippen LogP contribution >= 0.6 is 12.4 Å². The van der Waals surface area contributed by atoms with Crippen LogP contribution in [0.1, 0.15) is 17.6 Å². The summed E-state index contributed by atoms with van der Waals surface area (Å²) in [6.45, 7) is 2.71.